The first-order chi connectivity index (χ1) is 13.6. The molecule has 0 spiro atoms. The molecule has 1 saturated heterocycles. The van der Waals surface area contributed by atoms with Gasteiger partial charge in [-0.2, -0.15) is 10.1 Å². The monoisotopic (exact) mass is 373 g/mol. The molecule has 7 heteroatoms. The second-order valence-corrected chi connectivity index (χ2v) is 7.20. The second-order valence-electron chi connectivity index (χ2n) is 7.20. The predicted molar refractivity (Wildman–Crippen MR) is 105 cm³/mol. The molecule has 1 amide bonds. The molecule has 2 aromatic carbocycles. The number of hydrogen-bond acceptors (Lipinski definition) is 5. The van der Waals surface area contributed by atoms with E-state index in [4.69, 9.17) is 4.52 Å². The van der Waals surface area contributed by atoms with Gasteiger partial charge in [0.2, 0.25) is 5.91 Å². The van der Waals surface area contributed by atoms with E-state index in [0.29, 0.717) is 30.4 Å². The lowest BCUT2D eigenvalue weighted by Crippen LogP contribution is -2.25. The van der Waals surface area contributed by atoms with Gasteiger partial charge in [-0.3, -0.25) is 9.89 Å². The standard InChI is InChI=1S/C21H19N5O2/c1-12-6-5-9-17(13(12)2)26-11-14(10-18(26)27)20-22-21(28-25-20)19-15-7-3-4-8-16(15)23-24-19/h3-9,14H,10-11H2,1-2H3,(H,23,24). The van der Waals surface area contributed by atoms with Crippen LogP contribution in [0.15, 0.2) is 47.0 Å². The summed E-state index contributed by atoms with van der Waals surface area (Å²) in [6.07, 6.45) is 0.369. The largest absolute Gasteiger partial charge is 0.332 e. The zero-order valence-electron chi connectivity index (χ0n) is 15.6. The van der Waals surface area contributed by atoms with Crippen molar-refractivity contribution in [2.24, 2.45) is 0 Å². The van der Waals surface area contributed by atoms with Gasteiger partial charge in [-0.15, -0.1) is 0 Å². The third kappa shape index (κ3) is 2.58. The van der Waals surface area contributed by atoms with Crippen LogP contribution in [0.2, 0.25) is 0 Å². The minimum Gasteiger partial charge on any atom is -0.332 e. The molecule has 4 aromatic rings. The summed E-state index contributed by atoms with van der Waals surface area (Å²) in [4.78, 5) is 19.0. The molecule has 0 radical (unpaired) electrons. The molecule has 0 saturated carbocycles. The van der Waals surface area contributed by atoms with Gasteiger partial charge in [0.25, 0.3) is 5.89 Å². The van der Waals surface area contributed by atoms with E-state index in [2.05, 4.69) is 33.3 Å². The molecule has 1 N–H and O–H groups in total. The van der Waals surface area contributed by atoms with Gasteiger partial charge in [0.1, 0.15) is 0 Å². The van der Waals surface area contributed by atoms with Crippen LogP contribution >= 0.6 is 0 Å². The molecule has 1 fully saturated rings. The molecule has 1 unspecified atom stereocenters. The van der Waals surface area contributed by atoms with Crippen LogP contribution in [0.4, 0.5) is 5.69 Å². The number of carbonyl (C=O) groups excluding carboxylic acids is 1. The molecule has 5 rings (SSSR count). The van der Waals surface area contributed by atoms with E-state index in [9.17, 15) is 4.79 Å². The number of carbonyl (C=O) groups is 1. The summed E-state index contributed by atoms with van der Waals surface area (Å²) >= 11 is 0. The van der Waals surface area contributed by atoms with Crippen LogP contribution in [0.3, 0.4) is 0 Å². The van der Waals surface area contributed by atoms with Crippen LogP contribution in [0, 0.1) is 13.8 Å². The van der Waals surface area contributed by atoms with Crippen molar-refractivity contribution in [3.63, 3.8) is 0 Å². The van der Waals surface area contributed by atoms with Crippen molar-refractivity contribution in [1.29, 1.82) is 0 Å². The lowest BCUT2D eigenvalue weighted by molar-refractivity contribution is -0.117. The maximum atomic E-state index is 12.7. The van der Waals surface area contributed by atoms with Crippen molar-refractivity contribution in [2.75, 3.05) is 11.4 Å². The number of benzene rings is 2. The highest BCUT2D eigenvalue weighted by molar-refractivity contribution is 5.97. The zero-order chi connectivity index (χ0) is 19.3. The van der Waals surface area contributed by atoms with Crippen molar-refractivity contribution in [3.05, 3.63) is 59.4 Å². The Morgan fingerprint density at radius 3 is 2.89 bits per heavy atom. The summed E-state index contributed by atoms with van der Waals surface area (Å²) in [5.74, 6) is 0.888. The Balaban J connectivity index is 1.44. The molecule has 0 aliphatic carbocycles. The van der Waals surface area contributed by atoms with Crippen LogP contribution in [-0.2, 0) is 4.79 Å². The predicted octanol–water partition coefficient (Wildman–Crippen LogP) is 3.75. The summed E-state index contributed by atoms with van der Waals surface area (Å²) in [6, 6.07) is 13.8. The average Bonchev–Trinajstić information content (AvgIpc) is 3.41. The normalized spacial score (nSPS) is 17.0. The Bertz CT molecular complexity index is 1190. The van der Waals surface area contributed by atoms with Crippen LogP contribution in [0.1, 0.15) is 29.3 Å². The fourth-order valence-corrected chi connectivity index (χ4v) is 3.76. The number of anilines is 1. The van der Waals surface area contributed by atoms with Gasteiger partial charge >= 0.3 is 0 Å². The SMILES string of the molecule is Cc1cccc(N2CC(c3noc(-c4n[nH]c5ccccc45)n3)CC2=O)c1C. The lowest BCUT2D eigenvalue weighted by atomic mass is 10.1. The van der Waals surface area contributed by atoms with Crippen molar-refractivity contribution in [3.8, 4) is 11.6 Å². The van der Waals surface area contributed by atoms with Crippen LogP contribution in [0.5, 0.6) is 0 Å². The van der Waals surface area contributed by atoms with Crippen molar-refractivity contribution in [1.82, 2.24) is 20.3 Å². The lowest BCUT2D eigenvalue weighted by Gasteiger charge is -2.19. The second kappa shape index (κ2) is 6.30. The summed E-state index contributed by atoms with van der Waals surface area (Å²) < 4.78 is 5.48. The molecule has 28 heavy (non-hydrogen) atoms. The van der Waals surface area contributed by atoms with E-state index in [0.717, 1.165) is 22.2 Å². The third-order valence-electron chi connectivity index (χ3n) is 5.47. The molecule has 7 nitrogen and oxygen atoms in total. The first kappa shape index (κ1) is 16.7. The van der Waals surface area contributed by atoms with Gasteiger partial charge in [-0.05, 0) is 37.1 Å². The molecule has 2 aromatic heterocycles. The first-order valence-corrected chi connectivity index (χ1v) is 9.25. The quantitative estimate of drug-likeness (QED) is 0.591. The number of amides is 1. The van der Waals surface area contributed by atoms with Crippen LogP contribution in [0.25, 0.3) is 22.5 Å². The molecule has 1 atom stereocenters. The Morgan fingerprint density at radius 1 is 1.14 bits per heavy atom. The zero-order valence-corrected chi connectivity index (χ0v) is 15.6. The molecule has 1 aliphatic rings. The fraction of sp³-hybridized carbons (Fsp3) is 0.238. The molecular weight excluding hydrogens is 354 g/mol. The smallest absolute Gasteiger partial charge is 0.279 e. The minimum atomic E-state index is -0.102. The van der Waals surface area contributed by atoms with Crippen molar-refractivity contribution < 1.29 is 9.32 Å². The summed E-state index contributed by atoms with van der Waals surface area (Å²) in [6.45, 7) is 4.64. The van der Waals surface area contributed by atoms with E-state index < -0.39 is 0 Å². The van der Waals surface area contributed by atoms with Gasteiger partial charge in [0, 0.05) is 30.0 Å². The van der Waals surface area contributed by atoms with Gasteiger partial charge < -0.3 is 9.42 Å². The van der Waals surface area contributed by atoms with E-state index in [1.54, 1.807) is 0 Å². The number of H-pyrrole nitrogens is 1. The number of nitrogens with one attached hydrogen (secondary N) is 1. The number of aromatic nitrogens is 4. The molecule has 0 bridgehead atoms. The molecular formula is C21H19N5O2. The number of nitrogens with zero attached hydrogens (tertiary/aromatic N) is 4. The highest BCUT2D eigenvalue weighted by Gasteiger charge is 2.35. The maximum absolute atomic E-state index is 12.7. The van der Waals surface area contributed by atoms with Gasteiger partial charge in [-0.1, -0.05) is 35.5 Å². The average molecular weight is 373 g/mol. The number of rotatable bonds is 3. The summed E-state index contributed by atoms with van der Waals surface area (Å²) in [7, 11) is 0. The number of aromatic amines is 1. The Hall–Kier alpha value is -3.48. The van der Waals surface area contributed by atoms with Crippen LogP contribution < -0.4 is 4.90 Å². The highest BCUT2D eigenvalue weighted by atomic mass is 16.5. The van der Waals surface area contributed by atoms with Crippen LogP contribution in [-0.4, -0.2) is 32.8 Å². The molecule has 140 valence electrons. The summed E-state index contributed by atoms with van der Waals surface area (Å²) in [5, 5.41) is 12.4. The summed E-state index contributed by atoms with van der Waals surface area (Å²) in [5.41, 5.74) is 4.78. The third-order valence-corrected chi connectivity index (χ3v) is 5.47. The van der Waals surface area contributed by atoms with Gasteiger partial charge in [-0.25, -0.2) is 0 Å². The van der Waals surface area contributed by atoms with E-state index in [1.807, 2.05) is 48.2 Å². The topological polar surface area (TPSA) is 87.9 Å². The van der Waals surface area contributed by atoms with Gasteiger partial charge in [0.15, 0.2) is 11.5 Å². The Labute approximate surface area is 161 Å². The van der Waals surface area contributed by atoms with Crippen molar-refractivity contribution in [2.45, 2.75) is 26.2 Å². The molecule has 3 heterocycles. The first-order valence-electron chi connectivity index (χ1n) is 9.25. The maximum Gasteiger partial charge on any atom is 0.279 e. The number of hydrogen-bond donors (Lipinski definition) is 1. The number of aryl methyl sites for hydroxylation is 1. The molecule has 1 aliphatic heterocycles. The van der Waals surface area contributed by atoms with E-state index in [-0.39, 0.29) is 11.8 Å². The Kier molecular flexibility index (Phi) is 3.75. The van der Waals surface area contributed by atoms with Gasteiger partial charge in [0.05, 0.1) is 5.52 Å². The number of para-hydroxylation sites is 1. The Morgan fingerprint density at radius 2 is 2.00 bits per heavy atom. The minimum absolute atomic E-state index is 0.0790. The fourth-order valence-electron chi connectivity index (χ4n) is 3.76. The van der Waals surface area contributed by atoms with E-state index >= 15 is 0 Å². The number of fused-ring (bicyclic) bond motifs is 1. The highest BCUT2D eigenvalue weighted by Crippen LogP contribution is 2.34. The van der Waals surface area contributed by atoms with E-state index in [1.165, 1.54) is 5.56 Å². The van der Waals surface area contributed by atoms with Crippen molar-refractivity contribution >= 4 is 22.5 Å².